The normalized spacial score (nSPS) is 20.0. The minimum atomic E-state index is -2.01. The number of cyclic esters (lactones) is 2. The summed E-state index contributed by atoms with van der Waals surface area (Å²) < 4.78 is 31.6. The Balaban J connectivity index is 0.706. The number of nitrogens with zero attached hydrogens (tertiary/aromatic N) is 4. The Bertz CT molecular complexity index is 3960. The molecule has 87 heavy (non-hydrogen) atoms. The predicted molar refractivity (Wildman–Crippen MR) is 322 cm³/mol. The highest BCUT2D eigenvalue weighted by molar-refractivity contribution is 8.04. The summed E-state index contributed by atoms with van der Waals surface area (Å²) in [5.74, 6) is -5.65. The number of Topliss-reactive ketones (excluding diaryl/α,β-unsaturated/α-hetero) is 2. The summed E-state index contributed by atoms with van der Waals surface area (Å²) in [6.07, 6.45) is 1.95. The first-order chi connectivity index (χ1) is 41.9. The highest BCUT2D eigenvalue weighted by atomic mass is 32.2. The van der Waals surface area contributed by atoms with Gasteiger partial charge in [-0.05, 0) is 75.4 Å². The number of esters is 4. The third-order valence-electron chi connectivity index (χ3n) is 17.2. The van der Waals surface area contributed by atoms with E-state index in [1.54, 1.807) is 46.9 Å². The fourth-order valence-electron chi connectivity index (χ4n) is 12.0. The average molecular weight is 1220 g/mol. The van der Waals surface area contributed by atoms with Gasteiger partial charge in [0.15, 0.2) is 0 Å². The first kappa shape index (κ1) is 60.7. The molecule has 5 aliphatic rings. The fraction of sp³-hybridized carbons (Fsp3) is 0.438. The number of hydrogen-bond donors (Lipinski definition) is 2. The Labute approximate surface area is 508 Å². The van der Waals surface area contributed by atoms with Gasteiger partial charge in [-0.25, -0.2) is 19.6 Å². The molecule has 1 saturated carbocycles. The van der Waals surface area contributed by atoms with Crippen molar-refractivity contribution in [2.45, 2.75) is 127 Å². The molecule has 0 bridgehead atoms. The molecule has 8 heterocycles. The van der Waals surface area contributed by atoms with Gasteiger partial charge in [-0.15, -0.1) is 0 Å². The predicted octanol–water partition coefficient (Wildman–Crippen LogP) is 6.49. The van der Waals surface area contributed by atoms with Crippen molar-refractivity contribution >= 4 is 92.6 Å². The fourth-order valence-corrected chi connectivity index (χ4v) is 15.4. The number of para-hydroxylation sites is 2. The van der Waals surface area contributed by atoms with Crippen LogP contribution in [0.15, 0.2) is 82.4 Å². The van der Waals surface area contributed by atoms with E-state index in [2.05, 4.69) is 10.6 Å². The molecule has 1 fully saturated rings. The van der Waals surface area contributed by atoms with E-state index in [0.717, 1.165) is 45.8 Å². The second-order valence-corrected chi connectivity index (χ2v) is 25.1. The Morgan fingerprint density at radius 3 is 1.56 bits per heavy atom. The quantitative estimate of drug-likeness (QED) is 0.0351. The zero-order chi connectivity index (χ0) is 61.3. The van der Waals surface area contributed by atoms with Crippen molar-refractivity contribution in [1.29, 1.82) is 0 Å². The number of carbonyl (C=O) groups excluding carboxylic acids is 8. The molecule has 6 atom stereocenters. The topological polar surface area (TPSA) is 277 Å². The van der Waals surface area contributed by atoms with Crippen molar-refractivity contribution < 1.29 is 62.0 Å². The minimum absolute atomic E-state index is 0.0105. The van der Waals surface area contributed by atoms with Gasteiger partial charge in [0, 0.05) is 80.2 Å². The second-order valence-electron chi connectivity index (χ2n) is 22.6. The van der Waals surface area contributed by atoms with E-state index in [4.69, 9.17) is 33.7 Å². The first-order valence-electron chi connectivity index (χ1n) is 29.4. The van der Waals surface area contributed by atoms with Crippen molar-refractivity contribution in [2.75, 3.05) is 37.8 Å². The summed E-state index contributed by atoms with van der Waals surface area (Å²) in [6, 6.07) is 22.5. The van der Waals surface area contributed by atoms with Gasteiger partial charge in [-0.2, -0.15) is 23.5 Å². The maximum absolute atomic E-state index is 14.1. The molecule has 6 aromatic rings. The van der Waals surface area contributed by atoms with Crippen LogP contribution in [0.1, 0.15) is 112 Å². The Hall–Kier alpha value is -8.02. The third-order valence-corrected chi connectivity index (χ3v) is 20.5. The highest BCUT2D eigenvalue weighted by Crippen LogP contribution is 2.45. The molecule has 23 heteroatoms. The van der Waals surface area contributed by atoms with Crippen LogP contribution in [0.2, 0.25) is 0 Å². The van der Waals surface area contributed by atoms with Crippen LogP contribution in [0.5, 0.6) is 0 Å². The Morgan fingerprint density at radius 2 is 1.10 bits per heavy atom. The number of fused-ring (bicyclic) bond motifs is 10. The average Bonchev–Trinajstić information content (AvgIpc) is 1.73. The van der Waals surface area contributed by atoms with Crippen LogP contribution in [0.25, 0.3) is 44.6 Å². The lowest BCUT2D eigenvalue weighted by Crippen LogP contribution is -2.49. The molecule has 0 spiro atoms. The molecule has 1 aliphatic carbocycles. The van der Waals surface area contributed by atoms with Crippen molar-refractivity contribution in [3.8, 4) is 22.8 Å². The first-order valence-corrected chi connectivity index (χ1v) is 31.5. The SMILES string of the molecule is CCC(CSC1CCC1SCC(CC(=O)CCOCCC(C)=O)C(=O)NCC(=O)O[C@@]1(CC)C(=O)OCc2c1cc1n(c2=O)Cc2cc3ccccc3nc2-1)C(=O)NCC(=O)O[C@@]1(CC)C(=O)OCc2c1cc1n(c2=O)Cc2cc3ccccc3nc2-1. The smallest absolute Gasteiger partial charge is 0.355 e. The lowest BCUT2D eigenvalue weighted by atomic mass is 9.85. The van der Waals surface area contributed by atoms with Gasteiger partial charge in [0.05, 0.1) is 77.2 Å². The van der Waals surface area contributed by atoms with Gasteiger partial charge in [-0.1, -0.05) is 57.2 Å². The van der Waals surface area contributed by atoms with E-state index >= 15 is 0 Å². The second kappa shape index (κ2) is 25.4. The molecular weight excluding hydrogens is 1160 g/mol. The summed E-state index contributed by atoms with van der Waals surface area (Å²) in [7, 11) is 0. The van der Waals surface area contributed by atoms with Crippen LogP contribution >= 0.6 is 23.5 Å². The highest BCUT2D eigenvalue weighted by Gasteiger charge is 2.52. The summed E-state index contributed by atoms with van der Waals surface area (Å²) in [5.41, 5.74) is 1.28. The van der Waals surface area contributed by atoms with Crippen molar-refractivity contribution in [3.63, 3.8) is 0 Å². The largest absolute Gasteiger partial charge is 0.457 e. The number of aromatic nitrogens is 4. The molecule has 11 rings (SSSR count). The molecule has 2 aromatic carbocycles. The van der Waals surface area contributed by atoms with E-state index in [0.29, 0.717) is 34.9 Å². The van der Waals surface area contributed by atoms with Gasteiger partial charge >= 0.3 is 23.9 Å². The molecular formula is C64H66N6O15S2. The number of thioether (sulfide) groups is 2. The monoisotopic (exact) mass is 1220 g/mol. The Kier molecular flexibility index (Phi) is 17.7. The summed E-state index contributed by atoms with van der Waals surface area (Å²) in [5, 5.41) is 7.29. The third kappa shape index (κ3) is 11.8. The Morgan fingerprint density at radius 1 is 0.644 bits per heavy atom. The van der Waals surface area contributed by atoms with Crippen LogP contribution in [0.3, 0.4) is 0 Å². The van der Waals surface area contributed by atoms with E-state index in [1.807, 2.05) is 67.6 Å². The van der Waals surface area contributed by atoms with Crippen LogP contribution in [-0.4, -0.2) is 115 Å². The number of ether oxygens (including phenoxy) is 5. The molecule has 0 radical (unpaired) electrons. The molecule has 4 aromatic heterocycles. The summed E-state index contributed by atoms with van der Waals surface area (Å²) >= 11 is 3.10. The number of hydrogen-bond acceptors (Lipinski definition) is 19. The van der Waals surface area contributed by atoms with E-state index < -0.39 is 77.4 Å². The molecule has 4 aliphatic heterocycles. The lowest BCUT2D eigenvalue weighted by molar-refractivity contribution is -0.189. The number of rotatable bonds is 25. The number of carbonyl (C=O) groups is 8. The van der Waals surface area contributed by atoms with E-state index in [-0.39, 0.29) is 127 Å². The van der Waals surface area contributed by atoms with Crippen LogP contribution in [-0.2, 0) is 99.5 Å². The van der Waals surface area contributed by atoms with E-state index in [9.17, 15) is 47.9 Å². The van der Waals surface area contributed by atoms with Gasteiger partial charge < -0.3 is 43.5 Å². The van der Waals surface area contributed by atoms with Crippen LogP contribution < -0.4 is 21.8 Å². The van der Waals surface area contributed by atoms with Crippen LogP contribution in [0, 0.1) is 11.8 Å². The van der Waals surface area contributed by atoms with Crippen molar-refractivity contribution in [1.82, 2.24) is 29.7 Å². The zero-order valence-electron chi connectivity index (χ0n) is 48.7. The van der Waals surface area contributed by atoms with Gasteiger partial charge in [-0.3, -0.25) is 38.4 Å². The molecule has 4 unspecified atom stereocenters. The number of ketones is 2. The molecule has 2 N–H and O–H groups in total. The van der Waals surface area contributed by atoms with Crippen molar-refractivity contribution in [3.05, 3.63) is 127 Å². The molecule has 454 valence electrons. The number of pyridine rings is 4. The molecule has 2 amide bonds. The van der Waals surface area contributed by atoms with E-state index in [1.165, 1.54) is 18.7 Å². The van der Waals surface area contributed by atoms with Gasteiger partial charge in [0.1, 0.15) is 37.9 Å². The number of benzene rings is 2. The lowest BCUT2D eigenvalue weighted by Gasteiger charge is -2.37. The minimum Gasteiger partial charge on any atom is -0.457 e. The molecule has 0 saturated heterocycles. The molecule has 21 nitrogen and oxygen atoms in total. The van der Waals surface area contributed by atoms with Gasteiger partial charge in [0.25, 0.3) is 11.1 Å². The van der Waals surface area contributed by atoms with Crippen LogP contribution in [0.4, 0.5) is 0 Å². The summed E-state index contributed by atoms with van der Waals surface area (Å²) in [4.78, 5) is 145. The maximum Gasteiger partial charge on any atom is 0.355 e. The summed E-state index contributed by atoms with van der Waals surface area (Å²) in [6.45, 7) is 5.50. The number of amides is 2. The maximum atomic E-state index is 14.1. The zero-order valence-corrected chi connectivity index (χ0v) is 50.3. The van der Waals surface area contributed by atoms with Gasteiger partial charge in [0.2, 0.25) is 23.0 Å². The number of nitrogens with one attached hydrogen (secondary N) is 2. The standard InChI is InChI=1S/C64H66N6O15S2/c1-5-36(57(75)65-27-53(73)84-63(6-2)45-25-49-55-39(22-37-12-8-10-14-47(37)67-55)29-69(49)59(77)43(45)31-82-61(63)79)33-86-51-16-17-52(51)87-34-41(24-42(72)19-21-81-20-18-35(4)71)58(76)66-28-54(74)85-64(7-3)46-26-50-56-40(23-38-13-9-11-15-48(38)68-56)30-70(50)60(78)44(46)32-83-62(64)80/h8-15,22-23,25-26,36,41,51-52H,5-7,16-21,24,27-34H2,1-4H3,(H,65,75)(H,66,76)/t36?,41?,51?,52?,63-,64-/m1/s1. The van der Waals surface area contributed by atoms with Crippen molar-refractivity contribution in [2.24, 2.45) is 11.8 Å².